The molecule has 0 unspecified atom stereocenters. The fraction of sp³-hybridized carbons (Fsp3) is 0.333. The summed E-state index contributed by atoms with van der Waals surface area (Å²) in [6.45, 7) is -2.50. The van der Waals surface area contributed by atoms with Gasteiger partial charge in [0.1, 0.15) is 5.69 Å². The summed E-state index contributed by atoms with van der Waals surface area (Å²) in [6.07, 6.45) is 0. The third-order valence-corrected chi connectivity index (χ3v) is 0.912. The fourth-order valence-electron chi connectivity index (χ4n) is 0.485. The van der Waals surface area contributed by atoms with Gasteiger partial charge >= 0.3 is 5.97 Å². The van der Waals surface area contributed by atoms with Crippen LogP contribution in [0.4, 0.5) is 0 Å². The summed E-state index contributed by atoms with van der Waals surface area (Å²) in [6, 6.07) is -0.447. The monoisotopic (exact) mass is 144 g/mol. The predicted octanol–water partition coefficient (Wildman–Crippen LogP) is 0.505. The highest BCUT2D eigenvalue weighted by Gasteiger charge is 2.06. The van der Waals surface area contributed by atoms with Crippen molar-refractivity contribution in [1.82, 2.24) is 10.2 Å². The molecule has 0 amide bonds. The second kappa shape index (κ2) is 2.51. The Labute approximate surface area is 63.8 Å². The van der Waals surface area contributed by atoms with Gasteiger partial charge in [-0.25, -0.2) is 4.79 Å². The Morgan fingerprint density at radius 2 is 2.90 bits per heavy atom. The minimum atomic E-state index is -2.50. The van der Waals surface area contributed by atoms with Crippen LogP contribution in [-0.2, 0) is 4.74 Å². The van der Waals surface area contributed by atoms with E-state index in [1.807, 2.05) is 0 Å². The molecule has 1 aromatic heterocycles. The Morgan fingerprint density at radius 3 is 3.40 bits per heavy atom. The highest BCUT2D eigenvalue weighted by Crippen LogP contribution is 1.98. The van der Waals surface area contributed by atoms with Crippen LogP contribution in [-0.4, -0.2) is 23.3 Å². The number of methoxy groups -OCH3 is 1. The maximum Gasteiger partial charge on any atom is 0.356 e. The van der Waals surface area contributed by atoms with Gasteiger partial charge in [-0.15, -0.1) is 0 Å². The van der Waals surface area contributed by atoms with Gasteiger partial charge in [0.2, 0.25) is 0 Å². The zero-order chi connectivity index (χ0) is 10.9. The third-order valence-electron chi connectivity index (χ3n) is 0.912. The first-order chi connectivity index (χ1) is 6.38. The molecular weight excluding hydrogens is 132 g/mol. The lowest BCUT2D eigenvalue weighted by atomic mass is 10.4. The molecule has 0 aliphatic heterocycles. The molecule has 0 spiro atoms. The van der Waals surface area contributed by atoms with Crippen LogP contribution in [0.3, 0.4) is 0 Å². The summed E-state index contributed by atoms with van der Waals surface area (Å²) in [4.78, 5) is 11.0. The number of carbonyl (C=O) groups is 1. The van der Waals surface area contributed by atoms with E-state index in [0.717, 1.165) is 7.11 Å². The van der Waals surface area contributed by atoms with Crippen LogP contribution in [0, 0.1) is 6.85 Å². The number of nitrogens with one attached hydrogen (secondary N) is 1. The highest BCUT2D eigenvalue weighted by atomic mass is 16.5. The lowest BCUT2D eigenvalue weighted by molar-refractivity contribution is 0.0594. The summed E-state index contributed by atoms with van der Waals surface area (Å²) in [5.74, 6) is -0.807. The summed E-state index contributed by atoms with van der Waals surface area (Å²) in [5.41, 5.74) is -0.684. The summed E-state index contributed by atoms with van der Waals surface area (Å²) in [5, 5.41) is 5.54. The normalized spacial score (nSPS) is 16.5. The minimum absolute atomic E-state index is 0.251. The van der Waals surface area contributed by atoms with Crippen LogP contribution in [0.2, 0.25) is 0 Å². The largest absolute Gasteiger partial charge is 0.464 e. The van der Waals surface area contributed by atoms with Gasteiger partial charge in [0.25, 0.3) is 0 Å². The second-order valence-electron chi connectivity index (χ2n) is 1.56. The number of hydrogen-bond donors (Lipinski definition) is 1. The molecule has 4 heteroatoms. The molecule has 0 saturated carbocycles. The first-order valence-corrected chi connectivity index (χ1v) is 2.51. The van der Waals surface area contributed by atoms with Crippen molar-refractivity contribution in [3.05, 3.63) is 17.4 Å². The average molecular weight is 144 g/mol. The van der Waals surface area contributed by atoms with E-state index in [1.165, 1.54) is 0 Å². The van der Waals surface area contributed by atoms with Crippen molar-refractivity contribution in [3.63, 3.8) is 0 Å². The van der Waals surface area contributed by atoms with Crippen LogP contribution in [0.5, 0.6) is 0 Å². The van der Waals surface area contributed by atoms with E-state index in [2.05, 4.69) is 14.9 Å². The van der Waals surface area contributed by atoms with Crippen molar-refractivity contribution in [2.75, 3.05) is 7.11 Å². The number of esters is 1. The molecule has 0 fully saturated rings. The molecule has 0 saturated heterocycles. The number of ether oxygens (including phenoxy) is 1. The van der Waals surface area contributed by atoms with Crippen molar-refractivity contribution < 1.29 is 15.0 Å². The standard InChI is InChI=1S/C6H8N2O2/c1-4-3-5(8-7-4)6(9)10-2/h3H,1-2H3,(H,7,8)/i1D3,3D. The number of hydrogen-bond acceptors (Lipinski definition) is 3. The van der Waals surface area contributed by atoms with Crippen LogP contribution in [0.25, 0.3) is 0 Å². The molecular formula is C6H8N2O2. The molecule has 0 atom stereocenters. The first-order valence-electron chi connectivity index (χ1n) is 4.51. The number of aryl methyl sites for hydroxylation is 1. The van der Waals surface area contributed by atoms with E-state index in [4.69, 9.17) is 5.48 Å². The SMILES string of the molecule is [2H]c1c(C([2H])([2H])[2H])n[nH]c1C(=O)OC. The van der Waals surface area contributed by atoms with Crippen molar-refractivity contribution in [3.8, 4) is 0 Å². The minimum Gasteiger partial charge on any atom is -0.464 e. The highest BCUT2D eigenvalue weighted by molar-refractivity contribution is 5.87. The number of nitrogens with zero attached hydrogens (tertiary/aromatic N) is 1. The molecule has 1 N–H and O–H groups in total. The molecule has 1 heterocycles. The van der Waals surface area contributed by atoms with Crippen molar-refractivity contribution in [1.29, 1.82) is 0 Å². The van der Waals surface area contributed by atoms with Gasteiger partial charge in [-0.3, -0.25) is 5.10 Å². The van der Waals surface area contributed by atoms with Gasteiger partial charge in [0.15, 0.2) is 0 Å². The van der Waals surface area contributed by atoms with Crippen molar-refractivity contribution in [2.45, 2.75) is 6.85 Å². The van der Waals surface area contributed by atoms with E-state index in [9.17, 15) is 4.79 Å². The van der Waals surface area contributed by atoms with Gasteiger partial charge < -0.3 is 4.74 Å². The average Bonchev–Trinajstić information content (AvgIpc) is 2.45. The summed E-state index contributed by atoms with van der Waals surface area (Å²) < 4.78 is 32.7. The van der Waals surface area contributed by atoms with E-state index >= 15 is 0 Å². The summed E-state index contributed by atoms with van der Waals surface area (Å²) in [7, 11) is 1.14. The topological polar surface area (TPSA) is 55.0 Å². The van der Waals surface area contributed by atoms with Gasteiger partial charge in [-0.2, -0.15) is 5.10 Å². The molecule has 1 rings (SSSR count). The van der Waals surface area contributed by atoms with E-state index in [-0.39, 0.29) is 5.69 Å². The van der Waals surface area contributed by atoms with Gasteiger partial charge in [-0.05, 0) is 12.9 Å². The summed E-state index contributed by atoms with van der Waals surface area (Å²) >= 11 is 0. The Morgan fingerprint density at radius 1 is 2.10 bits per heavy atom. The number of rotatable bonds is 1. The number of aromatic nitrogens is 2. The third kappa shape index (κ3) is 1.15. The number of H-pyrrole nitrogens is 1. The molecule has 1 aromatic rings. The molecule has 0 radical (unpaired) electrons. The van der Waals surface area contributed by atoms with E-state index < -0.39 is 24.6 Å². The van der Waals surface area contributed by atoms with Crippen molar-refractivity contribution in [2.24, 2.45) is 0 Å². The van der Waals surface area contributed by atoms with Crippen LogP contribution in [0.1, 0.15) is 21.7 Å². The predicted molar refractivity (Wildman–Crippen MR) is 34.7 cm³/mol. The molecule has 4 nitrogen and oxygen atoms in total. The lowest BCUT2D eigenvalue weighted by Crippen LogP contribution is -2.00. The van der Waals surface area contributed by atoms with Crippen LogP contribution < -0.4 is 0 Å². The smallest absolute Gasteiger partial charge is 0.356 e. The Bertz CT molecular complexity index is 357. The molecule has 0 aliphatic carbocycles. The number of carbonyl (C=O) groups excluding carboxylic acids is 1. The molecule has 54 valence electrons. The van der Waals surface area contributed by atoms with Crippen LogP contribution in [0.15, 0.2) is 6.04 Å². The maximum atomic E-state index is 11.0. The fourth-order valence-corrected chi connectivity index (χ4v) is 0.485. The maximum absolute atomic E-state index is 11.0. The Kier molecular flexibility index (Phi) is 0.800. The van der Waals surface area contributed by atoms with Crippen LogP contribution >= 0.6 is 0 Å². The molecule has 0 aliphatic rings. The first kappa shape index (κ1) is 3.18. The zero-order valence-corrected chi connectivity index (χ0v) is 5.26. The van der Waals surface area contributed by atoms with Gasteiger partial charge in [-0.1, -0.05) is 0 Å². The molecule has 10 heavy (non-hydrogen) atoms. The van der Waals surface area contributed by atoms with E-state index in [0.29, 0.717) is 0 Å². The molecule has 0 aromatic carbocycles. The molecule has 0 bridgehead atoms. The lowest BCUT2D eigenvalue weighted by Gasteiger charge is -1.90. The Hall–Kier alpha value is -1.32. The zero-order valence-electron chi connectivity index (χ0n) is 9.26. The van der Waals surface area contributed by atoms with Crippen molar-refractivity contribution >= 4 is 5.97 Å². The van der Waals surface area contributed by atoms with E-state index in [1.54, 1.807) is 0 Å². The van der Waals surface area contributed by atoms with Gasteiger partial charge in [0, 0.05) is 4.11 Å². The Balaban J connectivity index is 3.15. The quantitative estimate of drug-likeness (QED) is 0.584. The number of aromatic amines is 1. The second-order valence-corrected chi connectivity index (χ2v) is 1.56. The van der Waals surface area contributed by atoms with Gasteiger partial charge in [0.05, 0.1) is 14.2 Å².